The van der Waals surface area contributed by atoms with Crippen LogP contribution in [0.15, 0.2) is 78.0 Å². The molecular formula is C29H31FN4O3S. The molecule has 3 aromatic carbocycles. The van der Waals surface area contributed by atoms with Gasteiger partial charge in [0.05, 0.1) is 25.6 Å². The number of methoxy groups -OCH3 is 2. The molecule has 0 spiro atoms. The van der Waals surface area contributed by atoms with Crippen LogP contribution in [0.4, 0.5) is 14.9 Å². The van der Waals surface area contributed by atoms with Gasteiger partial charge in [-0.15, -0.1) is 0 Å². The molecule has 9 heteroatoms. The Morgan fingerprint density at radius 2 is 1.63 bits per heavy atom. The summed E-state index contributed by atoms with van der Waals surface area (Å²) in [5.74, 6) is 1.96. The number of thioether (sulfide) groups is 1. The van der Waals surface area contributed by atoms with Crippen LogP contribution in [0, 0.1) is 5.82 Å². The zero-order valence-corrected chi connectivity index (χ0v) is 22.5. The molecule has 0 fully saturated rings. The van der Waals surface area contributed by atoms with Crippen molar-refractivity contribution >= 4 is 23.5 Å². The Bertz CT molecular complexity index is 1360. The number of carbonyl (C=O) groups excluding carboxylic acids is 1. The molecule has 0 aliphatic heterocycles. The highest BCUT2D eigenvalue weighted by molar-refractivity contribution is 7.99. The van der Waals surface area contributed by atoms with Gasteiger partial charge in [0.2, 0.25) is 0 Å². The lowest BCUT2D eigenvalue weighted by atomic mass is 10.0. The molecular weight excluding hydrogens is 503 g/mol. The van der Waals surface area contributed by atoms with E-state index >= 15 is 0 Å². The molecule has 0 radical (unpaired) electrons. The van der Waals surface area contributed by atoms with Crippen LogP contribution in [0.2, 0.25) is 0 Å². The number of nitrogens with one attached hydrogen (secondary N) is 2. The maximum absolute atomic E-state index is 13.3. The van der Waals surface area contributed by atoms with E-state index < -0.39 is 5.82 Å². The maximum Gasteiger partial charge on any atom is 0.319 e. The summed E-state index contributed by atoms with van der Waals surface area (Å²) in [6, 6.07) is 21.4. The zero-order valence-electron chi connectivity index (χ0n) is 21.7. The fourth-order valence-corrected chi connectivity index (χ4v) is 5.01. The molecule has 4 aromatic rings. The van der Waals surface area contributed by atoms with Crippen LogP contribution in [0.5, 0.6) is 11.5 Å². The first-order valence-corrected chi connectivity index (χ1v) is 13.3. The van der Waals surface area contributed by atoms with Crippen molar-refractivity contribution in [2.45, 2.75) is 25.0 Å². The third-order valence-corrected chi connectivity index (χ3v) is 6.96. The van der Waals surface area contributed by atoms with Gasteiger partial charge in [0.25, 0.3) is 0 Å². The monoisotopic (exact) mass is 534 g/mol. The second-order valence-electron chi connectivity index (χ2n) is 8.39. The number of anilines is 1. The number of ether oxygens (including phenoxy) is 2. The number of urea groups is 1. The molecule has 0 atom stereocenters. The first-order valence-electron chi connectivity index (χ1n) is 12.3. The number of halogens is 1. The molecule has 2 N–H and O–H groups in total. The minimum atomic E-state index is -0.395. The Morgan fingerprint density at radius 3 is 2.24 bits per heavy atom. The van der Waals surface area contributed by atoms with E-state index in [1.165, 1.54) is 12.1 Å². The largest absolute Gasteiger partial charge is 0.497 e. The third-order valence-electron chi connectivity index (χ3n) is 5.90. The molecule has 0 aliphatic carbocycles. The molecule has 0 bridgehead atoms. The Kier molecular flexibility index (Phi) is 9.26. The minimum Gasteiger partial charge on any atom is -0.497 e. The summed E-state index contributed by atoms with van der Waals surface area (Å²) in [5, 5.41) is 6.37. The van der Waals surface area contributed by atoms with Crippen LogP contribution >= 0.6 is 11.8 Å². The van der Waals surface area contributed by atoms with E-state index in [2.05, 4.69) is 22.1 Å². The maximum atomic E-state index is 13.3. The van der Waals surface area contributed by atoms with Crippen LogP contribution in [0.3, 0.4) is 0 Å². The predicted octanol–water partition coefficient (Wildman–Crippen LogP) is 6.70. The van der Waals surface area contributed by atoms with Crippen molar-refractivity contribution in [3.63, 3.8) is 0 Å². The fraction of sp³-hybridized carbons (Fsp3) is 0.241. The smallest absolute Gasteiger partial charge is 0.319 e. The standard InChI is InChI=1S/C29H31FN4O3S/c1-4-34-27(21-11-15-25(37-3)16-12-21)26(20-9-13-24(36-2)14-10-20)33-29(34)38-18-6-17-31-28(35)32-23-8-5-7-22(30)19-23/h5,7-16,19H,4,6,17-18H2,1-3H3,(H2,31,32,35). The Balaban J connectivity index is 1.47. The van der Waals surface area contributed by atoms with Crippen LogP contribution in [-0.2, 0) is 6.54 Å². The first kappa shape index (κ1) is 27.1. The summed E-state index contributed by atoms with van der Waals surface area (Å²) in [5.41, 5.74) is 4.40. The van der Waals surface area contributed by atoms with Gasteiger partial charge in [0.1, 0.15) is 17.3 Å². The van der Waals surface area contributed by atoms with Gasteiger partial charge in [-0.05, 0) is 80.1 Å². The van der Waals surface area contributed by atoms with E-state index in [1.54, 1.807) is 38.1 Å². The van der Waals surface area contributed by atoms with Gasteiger partial charge in [-0.1, -0.05) is 17.8 Å². The predicted molar refractivity (Wildman–Crippen MR) is 151 cm³/mol. The number of rotatable bonds is 11. The number of imidazole rings is 1. The molecule has 1 aromatic heterocycles. The third kappa shape index (κ3) is 6.66. The first-order chi connectivity index (χ1) is 18.5. The van der Waals surface area contributed by atoms with Gasteiger partial charge in [-0.3, -0.25) is 0 Å². The number of nitrogens with zero attached hydrogens (tertiary/aromatic N) is 2. The Hall–Kier alpha value is -3.98. The molecule has 0 saturated heterocycles. The average Bonchev–Trinajstić information content (AvgIpc) is 3.31. The summed E-state index contributed by atoms with van der Waals surface area (Å²) >= 11 is 1.65. The van der Waals surface area contributed by atoms with E-state index in [4.69, 9.17) is 14.5 Å². The van der Waals surface area contributed by atoms with Gasteiger partial charge in [0.15, 0.2) is 5.16 Å². The highest BCUT2D eigenvalue weighted by atomic mass is 32.2. The van der Waals surface area contributed by atoms with Crippen LogP contribution in [-0.4, -0.2) is 42.1 Å². The van der Waals surface area contributed by atoms with E-state index in [0.29, 0.717) is 12.2 Å². The van der Waals surface area contributed by atoms with Crippen molar-refractivity contribution in [1.29, 1.82) is 0 Å². The zero-order chi connectivity index (χ0) is 26.9. The van der Waals surface area contributed by atoms with Crippen LogP contribution in [0.25, 0.3) is 22.5 Å². The lowest BCUT2D eigenvalue weighted by Crippen LogP contribution is -2.29. The molecule has 0 unspecified atom stereocenters. The Labute approximate surface area is 226 Å². The van der Waals surface area contributed by atoms with Crippen molar-refractivity contribution in [2.75, 3.05) is 31.8 Å². The Morgan fingerprint density at radius 1 is 0.974 bits per heavy atom. The summed E-state index contributed by atoms with van der Waals surface area (Å²) in [6.07, 6.45) is 0.744. The van der Waals surface area contributed by atoms with E-state index in [1.807, 2.05) is 48.5 Å². The normalized spacial score (nSPS) is 10.7. The molecule has 38 heavy (non-hydrogen) atoms. The highest BCUT2D eigenvalue weighted by Gasteiger charge is 2.20. The molecule has 1 heterocycles. The number of hydrogen-bond acceptors (Lipinski definition) is 5. The van der Waals surface area contributed by atoms with Crippen molar-refractivity contribution < 1.29 is 18.7 Å². The average molecular weight is 535 g/mol. The fourth-order valence-electron chi connectivity index (χ4n) is 4.01. The van der Waals surface area contributed by atoms with Crippen LogP contribution < -0.4 is 20.1 Å². The molecule has 0 saturated carbocycles. The van der Waals surface area contributed by atoms with Gasteiger partial charge >= 0.3 is 6.03 Å². The van der Waals surface area contributed by atoms with E-state index in [-0.39, 0.29) is 6.03 Å². The summed E-state index contributed by atoms with van der Waals surface area (Å²) < 4.78 is 26.2. The number of carbonyl (C=O) groups is 1. The number of hydrogen-bond donors (Lipinski definition) is 2. The second-order valence-corrected chi connectivity index (χ2v) is 9.45. The van der Waals surface area contributed by atoms with Crippen molar-refractivity contribution in [1.82, 2.24) is 14.9 Å². The summed E-state index contributed by atoms with van der Waals surface area (Å²) in [4.78, 5) is 17.2. The van der Waals surface area contributed by atoms with Crippen molar-refractivity contribution in [3.8, 4) is 34.0 Å². The second kappa shape index (κ2) is 13.0. The number of amides is 2. The minimum absolute atomic E-state index is 0.362. The molecule has 0 aliphatic rings. The lowest BCUT2D eigenvalue weighted by Gasteiger charge is -2.12. The van der Waals surface area contributed by atoms with Crippen molar-refractivity contribution in [2.24, 2.45) is 0 Å². The van der Waals surface area contributed by atoms with Crippen molar-refractivity contribution in [3.05, 3.63) is 78.6 Å². The van der Waals surface area contributed by atoms with Gasteiger partial charge in [-0.25, -0.2) is 14.2 Å². The molecule has 198 valence electrons. The van der Waals surface area contributed by atoms with Gasteiger partial charge < -0.3 is 24.7 Å². The molecule has 4 rings (SSSR count). The lowest BCUT2D eigenvalue weighted by molar-refractivity contribution is 0.252. The molecule has 7 nitrogen and oxygen atoms in total. The number of aromatic nitrogens is 2. The van der Waals surface area contributed by atoms with Gasteiger partial charge in [-0.2, -0.15) is 0 Å². The van der Waals surface area contributed by atoms with E-state index in [0.717, 1.165) is 57.9 Å². The van der Waals surface area contributed by atoms with Crippen LogP contribution in [0.1, 0.15) is 13.3 Å². The highest BCUT2D eigenvalue weighted by Crippen LogP contribution is 2.37. The van der Waals surface area contributed by atoms with E-state index in [9.17, 15) is 9.18 Å². The summed E-state index contributed by atoms with van der Waals surface area (Å²) in [6.45, 7) is 3.34. The topological polar surface area (TPSA) is 77.4 Å². The summed E-state index contributed by atoms with van der Waals surface area (Å²) in [7, 11) is 3.31. The number of benzene rings is 3. The molecule has 2 amide bonds. The van der Waals surface area contributed by atoms with Gasteiger partial charge in [0, 0.05) is 35.7 Å². The SMILES string of the molecule is CCn1c(SCCCNC(=O)Nc2cccc(F)c2)nc(-c2ccc(OC)cc2)c1-c1ccc(OC)cc1. The quantitative estimate of drug-likeness (QED) is 0.165.